The van der Waals surface area contributed by atoms with Crippen LogP contribution in [0.15, 0.2) is 29.2 Å². The summed E-state index contributed by atoms with van der Waals surface area (Å²) < 4.78 is 0. The first-order valence-electron chi connectivity index (χ1n) is 7.28. The van der Waals surface area contributed by atoms with Crippen molar-refractivity contribution in [3.05, 3.63) is 34.9 Å². The Bertz CT molecular complexity index is 624. The van der Waals surface area contributed by atoms with Gasteiger partial charge in [0.2, 0.25) is 0 Å². The highest BCUT2D eigenvalue weighted by molar-refractivity contribution is 7.07. The van der Waals surface area contributed by atoms with Gasteiger partial charge in [-0.05, 0) is 30.9 Å². The fourth-order valence-corrected chi connectivity index (χ4v) is 3.12. The van der Waals surface area contributed by atoms with E-state index in [1.807, 2.05) is 6.07 Å². The third kappa shape index (κ3) is 3.26. The predicted octanol–water partition coefficient (Wildman–Crippen LogP) is 2.00. The fraction of sp³-hybridized carbons (Fsp3) is 0.400. The van der Waals surface area contributed by atoms with Gasteiger partial charge in [0.15, 0.2) is 5.82 Å². The zero-order valence-corrected chi connectivity index (χ0v) is 12.9. The molecule has 116 valence electrons. The molecule has 1 fully saturated rings. The van der Waals surface area contributed by atoms with E-state index in [1.165, 1.54) is 11.3 Å². The molecule has 0 unspecified atom stereocenters. The SMILES string of the molecule is O=C(Nc1cccnc1N1CCC(CO)CC1)c1cscn1. The number of aliphatic hydroxyl groups is 1. The molecule has 1 aliphatic heterocycles. The second-order valence-electron chi connectivity index (χ2n) is 5.32. The number of aliphatic hydroxyl groups excluding tert-OH is 1. The molecule has 7 heteroatoms. The number of piperidine rings is 1. The Kier molecular flexibility index (Phi) is 4.65. The number of carbonyl (C=O) groups is 1. The number of carbonyl (C=O) groups excluding carboxylic acids is 1. The molecule has 1 saturated heterocycles. The minimum absolute atomic E-state index is 0.222. The van der Waals surface area contributed by atoms with E-state index in [0.717, 1.165) is 31.7 Å². The lowest BCUT2D eigenvalue weighted by Gasteiger charge is -2.33. The summed E-state index contributed by atoms with van der Waals surface area (Å²) in [6.07, 6.45) is 3.60. The number of hydrogen-bond donors (Lipinski definition) is 2. The highest BCUT2D eigenvalue weighted by Gasteiger charge is 2.22. The minimum atomic E-state index is -0.222. The second kappa shape index (κ2) is 6.85. The van der Waals surface area contributed by atoms with Crippen LogP contribution in [0.3, 0.4) is 0 Å². The van der Waals surface area contributed by atoms with Crippen molar-refractivity contribution >= 4 is 28.7 Å². The average molecular weight is 318 g/mol. The lowest BCUT2D eigenvalue weighted by Crippen LogP contribution is -2.35. The third-order valence-corrected chi connectivity index (χ3v) is 4.46. The van der Waals surface area contributed by atoms with Crippen molar-refractivity contribution in [3.63, 3.8) is 0 Å². The maximum atomic E-state index is 12.2. The summed E-state index contributed by atoms with van der Waals surface area (Å²) in [5, 5.41) is 13.8. The minimum Gasteiger partial charge on any atom is -0.396 e. The number of nitrogens with zero attached hydrogens (tertiary/aromatic N) is 3. The van der Waals surface area contributed by atoms with Crippen LogP contribution in [0.5, 0.6) is 0 Å². The van der Waals surface area contributed by atoms with E-state index < -0.39 is 0 Å². The molecular formula is C15H18N4O2S. The first-order valence-corrected chi connectivity index (χ1v) is 8.22. The van der Waals surface area contributed by atoms with Gasteiger partial charge >= 0.3 is 0 Å². The molecule has 1 amide bonds. The first kappa shape index (κ1) is 14.9. The third-order valence-electron chi connectivity index (χ3n) is 3.87. The zero-order valence-electron chi connectivity index (χ0n) is 12.1. The number of anilines is 2. The number of nitrogens with one attached hydrogen (secondary N) is 1. The van der Waals surface area contributed by atoms with Crippen LogP contribution in [-0.2, 0) is 0 Å². The molecule has 3 rings (SSSR count). The van der Waals surface area contributed by atoms with E-state index in [1.54, 1.807) is 23.2 Å². The number of thiazole rings is 1. The van der Waals surface area contributed by atoms with Crippen molar-refractivity contribution in [2.24, 2.45) is 5.92 Å². The summed E-state index contributed by atoms with van der Waals surface area (Å²) in [5.74, 6) is 0.927. The van der Waals surface area contributed by atoms with Gasteiger partial charge in [-0.25, -0.2) is 9.97 Å². The van der Waals surface area contributed by atoms with Crippen LogP contribution in [0.1, 0.15) is 23.3 Å². The molecule has 6 nitrogen and oxygen atoms in total. The van der Waals surface area contributed by atoms with Crippen molar-refractivity contribution in [1.29, 1.82) is 0 Å². The monoisotopic (exact) mass is 318 g/mol. The van der Waals surface area contributed by atoms with Gasteiger partial charge < -0.3 is 15.3 Å². The number of pyridine rings is 1. The van der Waals surface area contributed by atoms with E-state index in [4.69, 9.17) is 0 Å². The molecule has 0 radical (unpaired) electrons. The van der Waals surface area contributed by atoms with Gasteiger partial charge in [0, 0.05) is 31.3 Å². The Morgan fingerprint density at radius 1 is 1.41 bits per heavy atom. The summed E-state index contributed by atoms with van der Waals surface area (Å²) in [4.78, 5) is 22.8. The first-order chi connectivity index (χ1) is 10.8. The van der Waals surface area contributed by atoms with Crippen LogP contribution >= 0.6 is 11.3 Å². The number of amides is 1. The lowest BCUT2D eigenvalue weighted by molar-refractivity contribution is 0.102. The van der Waals surface area contributed by atoms with E-state index >= 15 is 0 Å². The normalized spacial score (nSPS) is 15.8. The maximum Gasteiger partial charge on any atom is 0.275 e. The molecule has 2 aromatic heterocycles. The van der Waals surface area contributed by atoms with Crippen molar-refractivity contribution in [2.75, 3.05) is 29.9 Å². The zero-order chi connectivity index (χ0) is 15.4. The fourth-order valence-electron chi connectivity index (χ4n) is 2.58. The average Bonchev–Trinajstić information content (AvgIpc) is 3.10. The van der Waals surface area contributed by atoms with E-state index in [9.17, 15) is 9.90 Å². The molecule has 0 bridgehead atoms. The quantitative estimate of drug-likeness (QED) is 0.901. The Balaban J connectivity index is 1.74. The molecule has 0 saturated carbocycles. The van der Waals surface area contributed by atoms with Crippen LogP contribution < -0.4 is 10.2 Å². The highest BCUT2D eigenvalue weighted by Crippen LogP contribution is 2.27. The van der Waals surface area contributed by atoms with E-state index in [-0.39, 0.29) is 12.5 Å². The van der Waals surface area contributed by atoms with Crippen molar-refractivity contribution < 1.29 is 9.90 Å². The lowest BCUT2D eigenvalue weighted by atomic mass is 9.98. The van der Waals surface area contributed by atoms with Gasteiger partial charge in [0.25, 0.3) is 5.91 Å². The molecule has 0 aliphatic carbocycles. The Morgan fingerprint density at radius 2 is 2.23 bits per heavy atom. The van der Waals surface area contributed by atoms with Crippen LogP contribution in [0.2, 0.25) is 0 Å². The summed E-state index contributed by atoms with van der Waals surface area (Å²) in [6, 6.07) is 3.66. The van der Waals surface area contributed by atoms with Gasteiger partial charge in [-0.1, -0.05) is 0 Å². The molecule has 0 aromatic carbocycles. The maximum absolute atomic E-state index is 12.2. The molecule has 0 atom stereocenters. The van der Waals surface area contributed by atoms with Crippen LogP contribution in [0, 0.1) is 5.92 Å². The molecule has 0 spiro atoms. The van der Waals surface area contributed by atoms with Gasteiger partial charge in [0.1, 0.15) is 5.69 Å². The van der Waals surface area contributed by atoms with Crippen LogP contribution in [0.4, 0.5) is 11.5 Å². The number of hydrogen-bond acceptors (Lipinski definition) is 6. The molecule has 2 aromatic rings. The van der Waals surface area contributed by atoms with E-state index in [2.05, 4.69) is 20.2 Å². The standard InChI is InChI=1S/C15H18N4O2S/c20-8-11-3-6-19(7-4-11)14-12(2-1-5-16-14)18-15(21)13-9-22-10-17-13/h1-2,5,9-11,20H,3-4,6-8H2,(H,18,21). The molecule has 3 heterocycles. The van der Waals surface area contributed by atoms with E-state index in [0.29, 0.717) is 17.3 Å². The Morgan fingerprint density at radius 3 is 2.91 bits per heavy atom. The van der Waals surface area contributed by atoms with Gasteiger partial charge in [-0.3, -0.25) is 4.79 Å². The smallest absolute Gasteiger partial charge is 0.275 e. The van der Waals surface area contributed by atoms with Crippen molar-refractivity contribution in [3.8, 4) is 0 Å². The van der Waals surface area contributed by atoms with Gasteiger partial charge in [-0.15, -0.1) is 11.3 Å². The van der Waals surface area contributed by atoms with Crippen LogP contribution in [-0.4, -0.2) is 40.7 Å². The summed E-state index contributed by atoms with van der Waals surface area (Å²) in [5.41, 5.74) is 2.75. The number of rotatable bonds is 4. The molecular weight excluding hydrogens is 300 g/mol. The van der Waals surface area contributed by atoms with Crippen molar-refractivity contribution in [1.82, 2.24) is 9.97 Å². The summed E-state index contributed by atoms with van der Waals surface area (Å²) >= 11 is 1.39. The van der Waals surface area contributed by atoms with Gasteiger partial charge in [-0.2, -0.15) is 0 Å². The molecule has 22 heavy (non-hydrogen) atoms. The van der Waals surface area contributed by atoms with Crippen molar-refractivity contribution in [2.45, 2.75) is 12.8 Å². The molecule has 1 aliphatic rings. The predicted molar refractivity (Wildman–Crippen MR) is 86.3 cm³/mol. The number of aromatic nitrogens is 2. The topological polar surface area (TPSA) is 78.4 Å². The summed E-state index contributed by atoms with van der Waals surface area (Å²) in [6.45, 7) is 1.91. The van der Waals surface area contributed by atoms with Gasteiger partial charge in [0.05, 0.1) is 11.2 Å². The Hall–Kier alpha value is -1.99. The highest BCUT2D eigenvalue weighted by atomic mass is 32.1. The molecule has 2 N–H and O–H groups in total. The summed E-state index contributed by atoms with van der Waals surface area (Å²) in [7, 11) is 0. The second-order valence-corrected chi connectivity index (χ2v) is 6.03. The largest absolute Gasteiger partial charge is 0.396 e. The van der Waals surface area contributed by atoms with Crippen LogP contribution in [0.25, 0.3) is 0 Å². The Labute approximate surface area is 132 Å².